The fraction of sp³-hybridized carbons (Fsp3) is 0.214. The van der Waals surface area contributed by atoms with Gasteiger partial charge in [0.15, 0.2) is 11.5 Å². The van der Waals surface area contributed by atoms with Crippen molar-refractivity contribution in [3.63, 3.8) is 0 Å². The molecule has 6 aromatic heterocycles. The molecule has 4 N–H and O–H groups in total. The number of aromatic nitrogens is 7. The van der Waals surface area contributed by atoms with E-state index in [1.54, 1.807) is 29.9 Å². The molecule has 0 aliphatic carbocycles. The summed E-state index contributed by atoms with van der Waals surface area (Å²) in [7, 11) is 0. The molecule has 0 aromatic carbocycles. The zero-order valence-electron chi connectivity index (χ0n) is 20.9. The first-order chi connectivity index (χ1) is 19.2. The Hall–Kier alpha value is -4.48. The molecule has 0 atom stereocenters. The molecule has 11 heteroatoms. The number of nitrogens with zero attached hydrogens (tertiary/aromatic N) is 5. The van der Waals surface area contributed by atoms with Gasteiger partial charge in [-0.15, -0.1) is 0 Å². The summed E-state index contributed by atoms with van der Waals surface area (Å²) in [6, 6.07) is 7.82. The van der Waals surface area contributed by atoms with Gasteiger partial charge in [-0.25, -0.2) is 9.97 Å². The number of thiophene rings is 1. The predicted octanol–water partition coefficient (Wildman–Crippen LogP) is 5.01. The number of aromatic amines is 2. The van der Waals surface area contributed by atoms with Gasteiger partial charge in [0.1, 0.15) is 11.0 Å². The molecule has 1 amide bonds. The van der Waals surface area contributed by atoms with Crippen LogP contribution >= 0.6 is 11.3 Å². The summed E-state index contributed by atoms with van der Waals surface area (Å²) >= 11 is 1.64. The van der Waals surface area contributed by atoms with Gasteiger partial charge in [-0.2, -0.15) is 16.4 Å². The lowest BCUT2D eigenvalue weighted by atomic mass is 9.94. The maximum Gasteiger partial charge on any atom is 0.224 e. The van der Waals surface area contributed by atoms with E-state index in [0.717, 1.165) is 64.9 Å². The number of amides is 1. The summed E-state index contributed by atoms with van der Waals surface area (Å²) < 4.78 is 0. The second-order valence-electron chi connectivity index (χ2n) is 9.75. The van der Waals surface area contributed by atoms with E-state index in [2.05, 4.69) is 47.2 Å². The van der Waals surface area contributed by atoms with E-state index >= 15 is 0 Å². The van der Waals surface area contributed by atoms with Crippen molar-refractivity contribution in [2.75, 3.05) is 18.4 Å². The topological polar surface area (TPSA) is 137 Å². The fourth-order valence-corrected chi connectivity index (χ4v) is 5.76. The van der Waals surface area contributed by atoms with Crippen LogP contribution in [0.5, 0.6) is 0 Å². The molecule has 7 rings (SSSR count). The first-order valence-electron chi connectivity index (χ1n) is 12.9. The van der Waals surface area contributed by atoms with Gasteiger partial charge in [0, 0.05) is 29.9 Å². The number of rotatable bonds is 6. The number of carbonyl (C=O) groups excluding carboxylic acids is 1. The maximum atomic E-state index is 12.6. The third kappa shape index (κ3) is 4.66. The number of H-pyrrole nitrogens is 2. The maximum absolute atomic E-state index is 12.6. The molecule has 7 heterocycles. The Morgan fingerprint density at radius 2 is 1.87 bits per heavy atom. The van der Waals surface area contributed by atoms with Crippen LogP contribution in [0.3, 0.4) is 0 Å². The van der Waals surface area contributed by atoms with Crippen LogP contribution in [0, 0.1) is 5.92 Å². The highest BCUT2D eigenvalue weighted by Gasteiger charge is 2.19. The lowest BCUT2D eigenvalue weighted by Gasteiger charge is -2.21. The third-order valence-corrected chi connectivity index (χ3v) is 7.79. The first-order valence-corrected chi connectivity index (χ1v) is 13.8. The number of pyridine rings is 3. The average Bonchev–Trinajstić information content (AvgIpc) is 3.73. The highest BCUT2D eigenvalue weighted by molar-refractivity contribution is 7.08. The number of fused-ring (bicyclic) bond motifs is 2. The van der Waals surface area contributed by atoms with E-state index in [1.807, 2.05) is 29.8 Å². The summed E-state index contributed by atoms with van der Waals surface area (Å²) in [5.41, 5.74) is 8.02. The quantitative estimate of drug-likeness (QED) is 0.235. The predicted molar refractivity (Wildman–Crippen MR) is 152 cm³/mol. The zero-order valence-corrected chi connectivity index (χ0v) is 21.8. The van der Waals surface area contributed by atoms with E-state index in [-0.39, 0.29) is 5.91 Å². The summed E-state index contributed by atoms with van der Waals surface area (Å²) in [4.78, 5) is 34.5. The average molecular weight is 536 g/mol. The van der Waals surface area contributed by atoms with Gasteiger partial charge in [0.05, 0.1) is 34.8 Å². The normalized spacial score (nSPS) is 14.3. The minimum absolute atomic E-state index is 0.0163. The van der Waals surface area contributed by atoms with Crippen molar-refractivity contribution in [1.82, 2.24) is 40.4 Å². The van der Waals surface area contributed by atoms with E-state index in [1.165, 1.54) is 0 Å². The molecule has 0 saturated carbocycles. The lowest BCUT2D eigenvalue weighted by molar-refractivity contribution is -0.117. The molecule has 39 heavy (non-hydrogen) atoms. The largest absolute Gasteiger partial charge is 0.335 e. The van der Waals surface area contributed by atoms with Crippen molar-refractivity contribution < 1.29 is 4.79 Å². The van der Waals surface area contributed by atoms with Crippen molar-refractivity contribution in [3.8, 4) is 33.9 Å². The molecule has 1 aliphatic rings. The van der Waals surface area contributed by atoms with Gasteiger partial charge < -0.3 is 15.6 Å². The number of imidazole rings is 1. The molecule has 194 valence electrons. The van der Waals surface area contributed by atoms with Crippen LogP contribution in [0.25, 0.3) is 56.0 Å². The third-order valence-electron chi connectivity index (χ3n) is 7.11. The molecule has 0 unspecified atom stereocenters. The molecular formula is C28H25N9OS. The molecule has 0 bridgehead atoms. The second-order valence-corrected chi connectivity index (χ2v) is 10.5. The van der Waals surface area contributed by atoms with Crippen LogP contribution in [-0.2, 0) is 4.79 Å². The van der Waals surface area contributed by atoms with Crippen molar-refractivity contribution in [2.45, 2.75) is 19.3 Å². The van der Waals surface area contributed by atoms with Gasteiger partial charge >= 0.3 is 0 Å². The van der Waals surface area contributed by atoms with Gasteiger partial charge in [-0.3, -0.25) is 19.9 Å². The number of nitrogens with one attached hydrogen (secondary N) is 4. The summed E-state index contributed by atoms with van der Waals surface area (Å²) in [5.74, 6) is 1.05. The van der Waals surface area contributed by atoms with E-state index < -0.39 is 0 Å². The van der Waals surface area contributed by atoms with Crippen LogP contribution in [0.1, 0.15) is 19.3 Å². The van der Waals surface area contributed by atoms with Crippen LogP contribution in [0.2, 0.25) is 0 Å². The number of carbonyl (C=O) groups is 1. The van der Waals surface area contributed by atoms with Gasteiger partial charge in [0.2, 0.25) is 5.91 Å². The Labute approximate surface area is 227 Å². The van der Waals surface area contributed by atoms with Crippen LogP contribution in [-0.4, -0.2) is 54.1 Å². The van der Waals surface area contributed by atoms with Gasteiger partial charge in [0.25, 0.3) is 0 Å². The van der Waals surface area contributed by atoms with Gasteiger partial charge in [-0.1, -0.05) is 0 Å². The van der Waals surface area contributed by atoms with Crippen molar-refractivity contribution in [1.29, 1.82) is 0 Å². The molecule has 1 fully saturated rings. The number of piperidine rings is 1. The minimum atomic E-state index is 0.0163. The summed E-state index contributed by atoms with van der Waals surface area (Å²) in [5, 5.41) is 18.1. The zero-order chi connectivity index (χ0) is 26.2. The van der Waals surface area contributed by atoms with E-state index in [0.29, 0.717) is 35.1 Å². The summed E-state index contributed by atoms with van der Waals surface area (Å²) in [6.07, 6.45) is 9.59. The van der Waals surface area contributed by atoms with E-state index in [4.69, 9.17) is 9.97 Å². The SMILES string of the molecule is O=C(CC1CCNCC1)Nc1cncc(-c2ccc3[nH]nc(-c4nc5c(-c6ccsc6)cncc5[nH]4)c3n2)c1. The lowest BCUT2D eigenvalue weighted by Crippen LogP contribution is -2.30. The van der Waals surface area contributed by atoms with Gasteiger partial charge in [-0.05, 0) is 72.4 Å². The van der Waals surface area contributed by atoms with E-state index in [9.17, 15) is 4.79 Å². The number of hydrogen-bond donors (Lipinski definition) is 4. The fourth-order valence-electron chi connectivity index (χ4n) is 5.11. The monoisotopic (exact) mass is 535 g/mol. The molecular weight excluding hydrogens is 510 g/mol. The second kappa shape index (κ2) is 10.0. The van der Waals surface area contributed by atoms with Crippen molar-refractivity contribution in [3.05, 3.63) is 59.8 Å². The molecule has 1 saturated heterocycles. The van der Waals surface area contributed by atoms with Crippen LogP contribution < -0.4 is 10.6 Å². The highest BCUT2D eigenvalue weighted by Crippen LogP contribution is 2.32. The Bertz CT molecular complexity index is 1780. The molecule has 1 aliphatic heterocycles. The molecule has 10 nitrogen and oxygen atoms in total. The van der Waals surface area contributed by atoms with Crippen molar-refractivity contribution in [2.24, 2.45) is 5.92 Å². The molecule has 6 aromatic rings. The Morgan fingerprint density at radius 3 is 2.74 bits per heavy atom. The Morgan fingerprint density at radius 1 is 0.974 bits per heavy atom. The molecule has 0 radical (unpaired) electrons. The number of hydrogen-bond acceptors (Lipinski definition) is 8. The smallest absolute Gasteiger partial charge is 0.224 e. The van der Waals surface area contributed by atoms with Crippen LogP contribution in [0.15, 0.2) is 59.8 Å². The molecule has 0 spiro atoms. The van der Waals surface area contributed by atoms with Crippen molar-refractivity contribution >= 4 is 45.0 Å². The van der Waals surface area contributed by atoms with Crippen LogP contribution in [0.4, 0.5) is 5.69 Å². The minimum Gasteiger partial charge on any atom is -0.335 e. The number of anilines is 1. The Kier molecular flexibility index (Phi) is 6.06. The first kappa shape index (κ1) is 23.6. The summed E-state index contributed by atoms with van der Waals surface area (Å²) in [6.45, 7) is 1.94. The standard InChI is InChI=1S/C28H25N9OS/c38-24(9-16-3-6-29-7-4-16)32-19-10-18(11-30-12-19)21-1-2-22-26(33-21)27(37-36-22)28-34-23-14-31-13-20(25(23)35-28)17-5-8-39-15-17/h1-2,5,8,10-16,29H,3-4,6-7,9H2,(H,32,38)(H,34,35)(H,36,37). The Balaban J connectivity index is 1.19. The highest BCUT2D eigenvalue weighted by atomic mass is 32.1.